The van der Waals surface area contributed by atoms with E-state index in [0.29, 0.717) is 24.5 Å². The van der Waals surface area contributed by atoms with Crippen LogP contribution in [-0.2, 0) is 19.5 Å². The van der Waals surface area contributed by atoms with Crippen molar-refractivity contribution in [1.29, 1.82) is 0 Å². The highest BCUT2D eigenvalue weighted by Gasteiger charge is 2.35. The van der Waals surface area contributed by atoms with Crippen molar-refractivity contribution in [3.63, 3.8) is 0 Å². The molecule has 0 bridgehead atoms. The van der Waals surface area contributed by atoms with E-state index in [1.165, 1.54) is 0 Å². The Kier molecular flexibility index (Phi) is 4.31. The van der Waals surface area contributed by atoms with Gasteiger partial charge in [-0.05, 0) is 38.3 Å². The van der Waals surface area contributed by atoms with Gasteiger partial charge in [-0.25, -0.2) is 13.1 Å². The van der Waals surface area contributed by atoms with Crippen LogP contribution in [0.4, 0.5) is 0 Å². The molecule has 1 aliphatic heterocycles. The third-order valence-electron chi connectivity index (χ3n) is 4.13. The van der Waals surface area contributed by atoms with Crippen LogP contribution >= 0.6 is 0 Å². The van der Waals surface area contributed by atoms with Crippen LogP contribution in [0, 0.1) is 6.92 Å². The van der Waals surface area contributed by atoms with Crippen molar-refractivity contribution in [3.05, 3.63) is 29.8 Å². The zero-order valence-corrected chi connectivity index (χ0v) is 12.9. The van der Waals surface area contributed by atoms with Crippen LogP contribution in [-0.4, -0.2) is 39.9 Å². The predicted octanol–water partition coefficient (Wildman–Crippen LogP) is 1.61. The second-order valence-corrected chi connectivity index (χ2v) is 7.48. The quantitative estimate of drug-likeness (QED) is 0.921. The molecule has 1 aromatic rings. The number of rotatable bonds is 3. The predicted molar refractivity (Wildman–Crippen MR) is 78.6 cm³/mol. The maximum Gasteiger partial charge on any atom is 0.240 e. The molecule has 0 aromatic heterocycles. The fourth-order valence-electron chi connectivity index (χ4n) is 2.98. The lowest BCUT2D eigenvalue weighted by molar-refractivity contribution is -0.156. The minimum Gasteiger partial charge on any atom is -0.373 e. The Morgan fingerprint density at radius 2 is 1.71 bits per heavy atom. The molecular formula is C15H21NO4S. The highest BCUT2D eigenvalue weighted by molar-refractivity contribution is 7.89. The van der Waals surface area contributed by atoms with Crippen LogP contribution in [0.2, 0.25) is 0 Å². The van der Waals surface area contributed by atoms with Crippen molar-refractivity contribution in [2.45, 2.75) is 49.3 Å². The van der Waals surface area contributed by atoms with Gasteiger partial charge in [0.25, 0.3) is 0 Å². The molecule has 2 fully saturated rings. The van der Waals surface area contributed by atoms with Gasteiger partial charge in [0, 0.05) is 6.04 Å². The second-order valence-electron chi connectivity index (χ2n) is 5.76. The molecule has 1 aliphatic carbocycles. The summed E-state index contributed by atoms with van der Waals surface area (Å²) in [5.41, 5.74) is 1.04. The summed E-state index contributed by atoms with van der Waals surface area (Å²) in [6, 6.07) is 6.82. The maximum atomic E-state index is 12.4. The molecule has 1 saturated heterocycles. The summed E-state index contributed by atoms with van der Waals surface area (Å²) < 4.78 is 38.9. The van der Waals surface area contributed by atoms with E-state index in [1.54, 1.807) is 12.1 Å². The first-order chi connectivity index (χ1) is 10.0. The summed E-state index contributed by atoms with van der Waals surface area (Å²) in [5, 5.41) is 0. The minimum absolute atomic E-state index is 0.0122. The van der Waals surface area contributed by atoms with Crippen molar-refractivity contribution < 1.29 is 17.9 Å². The van der Waals surface area contributed by atoms with E-state index >= 15 is 0 Å². The van der Waals surface area contributed by atoms with Crippen LogP contribution in [0.25, 0.3) is 0 Å². The average Bonchev–Trinajstić information content (AvgIpc) is 2.47. The fraction of sp³-hybridized carbons (Fsp3) is 0.600. The van der Waals surface area contributed by atoms with Crippen molar-refractivity contribution in [1.82, 2.24) is 4.72 Å². The van der Waals surface area contributed by atoms with E-state index < -0.39 is 10.0 Å². The number of hydrogen-bond acceptors (Lipinski definition) is 4. The first kappa shape index (κ1) is 15.0. The average molecular weight is 311 g/mol. The van der Waals surface area contributed by atoms with Gasteiger partial charge < -0.3 is 9.47 Å². The molecule has 21 heavy (non-hydrogen) atoms. The Morgan fingerprint density at radius 1 is 1.05 bits per heavy atom. The van der Waals surface area contributed by atoms with E-state index in [0.717, 1.165) is 18.4 Å². The van der Waals surface area contributed by atoms with E-state index in [2.05, 4.69) is 4.72 Å². The number of ether oxygens (including phenoxy) is 2. The second kappa shape index (κ2) is 6.04. The van der Waals surface area contributed by atoms with E-state index in [-0.39, 0.29) is 18.2 Å². The van der Waals surface area contributed by atoms with Crippen molar-refractivity contribution in [2.24, 2.45) is 0 Å². The van der Waals surface area contributed by atoms with Crippen LogP contribution in [0.5, 0.6) is 0 Å². The Hall–Kier alpha value is -0.950. The number of fused-ring (bicyclic) bond motifs is 1. The van der Waals surface area contributed by atoms with Crippen LogP contribution in [0.1, 0.15) is 24.8 Å². The third-order valence-corrected chi connectivity index (χ3v) is 5.67. The molecule has 3 unspecified atom stereocenters. The molecule has 1 heterocycles. The summed E-state index contributed by atoms with van der Waals surface area (Å²) in [5.74, 6) is 0. The normalized spacial score (nSPS) is 29.9. The Morgan fingerprint density at radius 3 is 2.43 bits per heavy atom. The number of benzene rings is 1. The molecule has 1 aromatic carbocycles. The first-order valence-electron chi connectivity index (χ1n) is 7.37. The lowest BCUT2D eigenvalue weighted by atomic mass is 9.90. The topological polar surface area (TPSA) is 64.6 Å². The summed E-state index contributed by atoms with van der Waals surface area (Å²) >= 11 is 0. The summed E-state index contributed by atoms with van der Waals surface area (Å²) in [4.78, 5) is 0.316. The van der Waals surface area contributed by atoms with Gasteiger partial charge in [-0.15, -0.1) is 0 Å². The van der Waals surface area contributed by atoms with Gasteiger partial charge in [-0.3, -0.25) is 0 Å². The van der Waals surface area contributed by atoms with Gasteiger partial charge in [-0.1, -0.05) is 17.7 Å². The van der Waals surface area contributed by atoms with E-state index in [9.17, 15) is 8.42 Å². The monoisotopic (exact) mass is 311 g/mol. The Labute approximate surface area is 125 Å². The molecule has 3 atom stereocenters. The Balaban J connectivity index is 1.67. The van der Waals surface area contributed by atoms with E-state index in [1.807, 2.05) is 19.1 Å². The molecule has 5 nitrogen and oxygen atoms in total. The van der Waals surface area contributed by atoms with Crippen LogP contribution < -0.4 is 4.72 Å². The van der Waals surface area contributed by atoms with Gasteiger partial charge in [0.15, 0.2) is 0 Å². The van der Waals surface area contributed by atoms with Crippen molar-refractivity contribution >= 4 is 10.0 Å². The molecule has 0 radical (unpaired) electrons. The number of aryl methyl sites for hydroxylation is 1. The maximum absolute atomic E-state index is 12.4. The zero-order chi connectivity index (χ0) is 14.9. The molecule has 6 heteroatoms. The molecule has 0 spiro atoms. The summed E-state index contributed by atoms with van der Waals surface area (Å²) in [6.45, 7) is 3.17. The first-order valence-corrected chi connectivity index (χ1v) is 8.85. The molecule has 1 N–H and O–H groups in total. The molecule has 116 valence electrons. The number of sulfonamides is 1. The smallest absolute Gasteiger partial charge is 0.240 e. The number of nitrogens with one attached hydrogen (secondary N) is 1. The lowest BCUT2D eigenvalue weighted by Crippen LogP contribution is -2.49. The molecule has 1 saturated carbocycles. The van der Waals surface area contributed by atoms with Crippen molar-refractivity contribution in [2.75, 3.05) is 13.2 Å². The summed E-state index contributed by atoms with van der Waals surface area (Å²) in [6.07, 6.45) is 2.44. The molecular weight excluding hydrogens is 290 g/mol. The molecule has 2 aliphatic rings. The SMILES string of the molecule is Cc1ccc(S(=O)(=O)NC2CCC3OCCOC3C2)cc1. The van der Waals surface area contributed by atoms with Crippen molar-refractivity contribution in [3.8, 4) is 0 Å². The Bertz CT molecular complexity index is 584. The fourth-order valence-corrected chi connectivity index (χ4v) is 4.26. The van der Waals surface area contributed by atoms with Gasteiger partial charge >= 0.3 is 0 Å². The van der Waals surface area contributed by atoms with Gasteiger partial charge in [0.2, 0.25) is 10.0 Å². The molecule has 0 amide bonds. The highest BCUT2D eigenvalue weighted by atomic mass is 32.2. The van der Waals surface area contributed by atoms with Gasteiger partial charge in [-0.2, -0.15) is 0 Å². The third kappa shape index (κ3) is 3.45. The largest absolute Gasteiger partial charge is 0.373 e. The standard InChI is InChI=1S/C15H21NO4S/c1-11-2-5-13(6-3-11)21(17,18)16-12-4-7-14-15(10-12)20-9-8-19-14/h2-3,5-6,12,14-16H,4,7-10H2,1H3. The van der Waals surface area contributed by atoms with Gasteiger partial charge in [0.05, 0.1) is 30.3 Å². The number of hydrogen-bond donors (Lipinski definition) is 1. The van der Waals surface area contributed by atoms with Crippen LogP contribution in [0.15, 0.2) is 29.2 Å². The minimum atomic E-state index is -3.46. The highest BCUT2D eigenvalue weighted by Crippen LogP contribution is 2.27. The van der Waals surface area contributed by atoms with E-state index in [4.69, 9.17) is 9.47 Å². The summed E-state index contributed by atoms with van der Waals surface area (Å²) in [7, 11) is -3.46. The van der Waals surface area contributed by atoms with Gasteiger partial charge in [0.1, 0.15) is 0 Å². The lowest BCUT2D eigenvalue weighted by Gasteiger charge is -2.38. The zero-order valence-electron chi connectivity index (χ0n) is 12.1. The molecule has 3 rings (SSSR count). The van der Waals surface area contributed by atoms with Crippen LogP contribution in [0.3, 0.4) is 0 Å².